The Morgan fingerprint density at radius 2 is 2.00 bits per heavy atom. The number of hydrogen-bond acceptors (Lipinski definition) is 4. The minimum absolute atomic E-state index is 0.226. The number of methoxy groups -OCH3 is 1. The van der Waals surface area contributed by atoms with Gasteiger partial charge in [0.2, 0.25) is 0 Å². The SMILES string of the molecule is COc1ccc(Cl)cc1C(c1ccc(SC)cc1)N1CCCCC1C(=O)O. The van der Waals surface area contributed by atoms with Crippen molar-refractivity contribution in [3.05, 3.63) is 58.6 Å². The summed E-state index contributed by atoms with van der Waals surface area (Å²) in [5.41, 5.74) is 1.94. The Labute approximate surface area is 169 Å². The molecule has 2 aromatic carbocycles. The standard InChI is InChI=1S/C21H24ClNO3S/c1-26-19-11-8-15(22)13-17(19)20(14-6-9-16(27-2)10-7-14)23-12-4-3-5-18(23)21(24)25/h6-11,13,18,20H,3-5,12H2,1-2H3,(H,24,25). The van der Waals surface area contributed by atoms with Crippen molar-refractivity contribution in [3.8, 4) is 5.75 Å². The number of carbonyl (C=O) groups is 1. The van der Waals surface area contributed by atoms with Gasteiger partial charge >= 0.3 is 5.97 Å². The van der Waals surface area contributed by atoms with E-state index in [-0.39, 0.29) is 6.04 Å². The first-order chi connectivity index (χ1) is 13.0. The highest BCUT2D eigenvalue weighted by Gasteiger charge is 2.36. The highest BCUT2D eigenvalue weighted by Crippen LogP contribution is 2.40. The summed E-state index contributed by atoms with van der Waals surface area (Å²) in [5, 5.41) is 10.4. The lowest BCUT2D eigenvalue weighted by molar-refractivity contribution is -0.145. The minimum atomic E-state index is -0.776. The van der Waals surface area contributed by atoms with Gasteiger partial charge in [-0.25, -0.2) is 0 Å². The van der Waals surface area contributed by atoms with Gasteiger partial charge in [0.05, 0.1) is 13.2 Å². The average molecular weight is 406 g/mol. The number of carboxylic acids is 1. The van der Waals surface area contributed by atoms with Crippen molar-refractivity contribution >= 4 is 29.3 Å². The first kappa shape index (κ1) is 20.1. The fourth-order valence-corrected chi connectivity index (χ4v) is 4.37. The van der Waals surface area contributed by atoms with Crippen LogP contribution in [0.15, 0.2) is 47.4 Å². The van der Waals surface area contributed by atoms with E-state index in [1.807, 2.05) is 18.4 Å². The Bertz CT molecular complexity index is 797. The van der Waals surface area contributed by atoms with E-state index >= 15 is 0 Å². The van der Waals surface area contributed by atoms with E-state index in [9.17, 15) is 9.90 Å². The van der Waals surface area contributed by atoms with Crippen LogP contribution in [0.5, 0.6) is 5.75 Å². The summed E-state index contributed by atoms with van der Waals surface area (Å²) in [6.07, 6.45) is 4.60. The van der Waals surface area contributed by atoms with Crippen LogP contribution in [0, 0.1) is 0 Å². The van der Waals surface area contributed by atoms with Gasteiger partial charge in [0.1, 0.15) is 11.8 Å². The van der Waals surface area contributed by atoms with Gasteiger partial charge in [-0.2, -0.15) is 0 Å². The van der Waals surface area contributed by atoms with Crippen LogP contribution in [0.25, 0.3) is 0 Å². The number of hydrogen-bond donors (Lipinski definition) is 1. The fraction of sp³-hybridized carbons (Fsp3) is 0.381. The number of nitrogens with zero attached hydrogens (tertiary/aromatic N) is 1. The van der Waals surface area contributed by atoms with Gasteiger partial charge in [0.15, 0.2) is 0 Å². The Morgan fingerprint density at radius 1 is 1.26 bits per heavy atom. The second kappa shape index (κ2) is 9.00. The summed E-state index contributed by atoms with van der Waals surface area (Å²) in [6, 6.07) is 13.1. The van der Waals surface area contributed by atoms with Crippen LogP contribution in [0.3, 0.4) is 0 Å². The normalized spacial score (nSPS) is 18.9. The number of aliphatic carboxylic acids is 1. The maximum absolute atomic E-state index is 12.0. The molecular formula is C21H24ClNO3S. The van der Waals surface area contributed by atoms with E-state index < -0.39 is 12.0 Å². The second-order valence-corrected chi connectivity index (χ2v) is 7.97. The zero-order chi connectivity index (χ0) is 19.4. The number of thioether (sulfide) groups is 1. The van der Waals surface area contributed by atoms with E-state index in [0.717, 1.165) is 30.5 Å². The Kier molecular flexibility index (Phi) is 6.68. The molecule has 0 bridgehead atoms. The first-order valence-corrected chi connectivity index (χ1v) is 10.6. The molecule has 0 radical (unpaired) electrons. The van der Waals surface area contributed by atoms with Crippen LogP contribution in [-0.2, 0) is 4.79 Å². The summed E-state index contributed by atoms with van der Waals surface area (Å²) in [7, 11) is 1.63. The molecule has 144 valence electrons. The molecule has 4 nitrogen and oxygen atoms in total. The summed E-state index contributed by atoms with van der Waals surface area (Å²) in [5.74, 6) is -0.0607. The molecule has 0 aliphatic carbocycles. The highest BCUT2D eigenvalue weighted by atomic mass is 35.5. The van der Waals surface area contributed by atoms with Crippen LogP contribution in [-0.4, -0.2) is 41.9 Å². The number of carboxylic acid groups (broad SMARTS) is 1. The van der Waals surface area contributed by atoms with E-state index in [2.05, 4.69) is 29.2 Å². The summed E-state index contributed by atoms with van der Waals surface area (Å²) in [4.78, 5) is 15.2. The van der Waals surface area contributed by atoms with Crippen LogP contribution in [0.2, 0.25) is 5.02 Å². The predicted molar refractivity (Wildman–Crippen MR) is 110 cm³/mol. The van der Waals surface area contributed by atoms with Crippen molar-refractivity contribution in [1.82, 2.24) is 4.90 Å². The van der Waals surface area contributed by atoms with Gasteiger partial charge in [-0.1, -0.05) is 30.2 Å². The minimum Gasteiger partial charge on any atom is -0.496 e. The third kappa shape index (κ3) is 4.42. The van der Waals surface area contributed by atoms with Crippen molar-refractivity contribution in [1.29, 1.82) is 0 Å². The number of piperidine rings is 1. The molecule has 1 heterocycles. The largest absolute Gasteiger partial charge is 0.496 e. The van der Waals surface area contributed by atoms with Crippen molar-refractivity contribution < 1.29 is 14.6 Å². The van der Waals surface area contributed by atoms with Gasteiger partial charge in [-0.3, -0.25) is 9.69 Å². The molecule has 2 unspecified atom stereocenters. The van der Waals surface area contributed by atoms with Crippen LogP contribution < -0.4 is 4.74 Å². The number of likely N-dealkylation sites (tertiary alicyclic amines) is 1. The van der Waals surface area contributed by atoms with Gasteiger partial charge in [0, 0.05) is 15.5 Å². The van der Waals surface area contributed by atoms with E-state index in [0.29, 0.717) is 17.2 Å². The van der Waals surface area contributed by atoms with Crippen molar-refractivity contribution in [2.24, 2.45) is 0 Å². The molecule has 27 heavy (non-hydrogen) atoms. The second-order valence-electron chi connectivity index (χ2n) is 6.65. The zero-order valence-electron chi connectivity index (χ0n) is 15.5. The van der Waals surface area contributed by atoms with Crippen molar-refractivity contribution in [2.45, 2.75) is 36.2 Å². The predicted octanol–water partition coefficient (Wildman–Crippen LogP) is 5.10. The maximum Gasteiger partial charge on any atom is 0.320 e. The molecule has 1 aliphatic heterocycles. The van der Waals surface area contributed by atoms with Crippen LogP contribution >= 0.6 is 23.4 Å². The average Bonchev–Trinajstić information content (AvgIpc) is 2.69. The molecule has 0 saturated carbocycles. The molecule has 2 aromatic rings. The van der Waals surface area contributed by atoms with Crippen LogP contribution in [0.4, 0.5) is 0 Å². The molecule has 0 aromatic heterocycles. The van der Waals surface area contributed by atoms with E-state index in [1.165, 1.54) is 4.90 Å². The topological polar surface area (TPSA) is 49.8 Å². The van der Waals surface area contributed by atoms with Gasteiger partial charge in [-0.05, 0) is 61.5 Å². The first-order valence-electron chi connectivity index (χ1n) is 9.01. The summed E-state index contributed by atoms with van der Waals surface area (Å²) in [6.45, 7) is 0.724. The quantitative estimate of drug-likeness (QED) is 0.677. The molecule has 1 saturated heterocycles. The van der Waals surface area contributed by atoms with E-state index in [1.54, 1.807) is 24.9 Å². The number of ether oxygens (including phenoxy) is 1. The van der Waals surface area contributed by atoms with Gasteiger partial charge < -0.3 is 9.84 Å². The molecule has 6 heteroatoms. The van der Waals surface area contributed by atoms with Crippen LogP contribution in [0.1, 0.15) is 36.4 Å². The zero-order valence-corrected chi connectivity index (χ0v) is 17.1. The Balaban J connectivity index is 2.13. The van der Waals surface area contributed by atoms with E-state index in [4.69, 9.17) is 16.3 Å². The lowest BCUT2D eigenvalue weighted by Crippen LogP contribution is -2.46. The molecule has 1 aliphatic rings. The molecule has 0 amide bonds. The third-order valence-corrected chi connectivity index (χ3v) is 6.06. The Morgan fingerprint density at radius 3 is 2.63 bits per heavy atom. The molecule has 0 spiro atoms. The van der Waals surface area contributed by atoms with Crippen molar-refractivity contribution in [2.75, 3.05) is 19.9 Å². The number of rotatable bonds is 6. The van der Waals surface area contributed by atoms with Crippen molar-refractivity contribution in [3.63, 3.8) is 0 Å². The molecule has 1 fully saturated rings. The molecule has 1 N–H and O–H groups in total. The lowest BCUT2D eigenvalue weighted by Gasteiger charge is -2.40. The fourth-order valence-electron chi connectivity index (χ4n) is 3.78. The molecular weight excluding hydrogens is 382 g/mol. The maximum atomic E-state index is 12.0. The highest BCUT2D eigenvalue weighted by molar-refractivity contribution is 7.98. The summed E-state index contributed by atoms with van der Waals surface area (Å²) < 4.78 is 5.60. The molecule has 2 atom stereocenters. The Hall–Kier alpha value is -1.69. The monoisotopic (exact) mass is 405 g/mol. The lowest BCUT2D eigenvalue weighted by atomic mass is 9.91. The summed E-state index contributed by atoms with van der Waals surface area (Å²) >= 11 is 7.98. The number of halogens is 1. The smallest absolute Gasteiger partial charge is 0.320 e. The molecule has 3 rings (SSSR count). The van der Waals surface area contributed by atoms with Gasteiger partial charge in [0.25, 0.3) is 0 Å². The van der Waals surface area contributed by atoms with Gasteiger partial charge in [-0.15, -0.1) is 11.8 Å². The third-order valence-electron chi connectivity index (χ3n) is 5.08. The number of benzene rings is 2.